The number of hydrogen-bond donors (Lipinski definition) is 0. The monoisotopic (exact) mass is 313 g/mol. The lowest BCUT2D eigenvalue weighted by molar-refractivity contribution is -0.419. The average molecular weight is 313 g/mol. The Hall–Kier alpha value is -2.89. The summed E-state index contributed by atoms with van der Waals surface area (Å²) in [6.07, 6.45) is 4.18. The molecule has 3 rings (SSSR count). The zero-order chi connectivity index (χ0) is 16.4. The van der Waals surface area contributed by atoms with Gasteiger partial charge in [-0.1, -0.05) is 24.3 Å². The molecule has 1 atom stereocenters. The van der Waals surface area contributed by atoms with Crippen molar-refractivity contribution in [3.63, 3.8) is 0 Å². The summed E-state index contributed by atoms with van der Waals surface area (Å²) < 4.78 is 10.9. The van der Waals surface area contributed by atoms with Crippen LogP contribution in [0.3, 0.4) is 0 Å². The van der Waals surface area contributed by atoms with Gasteiger partial charge in [0, 0.05) is 22.9 Å². The van der Waals surface area contributed by atoms with Crippen molar-refractivity contribution in [2.75, 3.05) is 6.61 Å². The van der Waals surface area contributed by atoms with Gasteiger partial charge in [-0.25, -0.2) is 0 Å². The number of fused-ring (bicyclic) bond motifs is 2. The Balaban J connectivity index is 2.16. The molecule has 0 spiro atoms. The van der Waals surface area contributed by atoms with Gasteiger partial charge in [-0.05, 0) is 18.2 Å². The summed E-state index contributed by atoms with van der Waals surface area (Å²) in [6.45, 7) is 2.06. The molecule has 6 nitrogen and oxygen atoms in total. The number of ether oxygens (including phenoxy) is 2. The first-order valence-electron chi connectivity index (χ1n) is 7.29. The maximum absolute atomic E-state index is 11.8. The molecular formula is C17H15NO5. The van der Waals surface area contributed by atoms with Crippen molar-refractivity contribution in [3.05, 3.63) is 68.7 Å². The van der Waals surface area contributed by atoms with Crippen LogP contribution in [0.5, 0.6) is 0 Å². The third-order valence-electron chi connectivity index (χ3n) is 3.68. The van der Waals surface area contributed by atoms with E-state index in [1.807, 2.05) is 24.3 Å². The van der Waals surface area contributed by atoms with Gasteiger partial charge in [0.2, 0.25) is 0 Å². The number of benzene rings is 1. The number of rotatable bonds is 4. The van der Waals surface area contributed by atoms with Gasteiger partial charge >= 0.3 is 5.97 Å². The standard InChI is InChI=1S/C17H15NO5/c1-2-22-17(19)10-16-13-6-4-3-5-12(13)14-9-11(18(20)21)7-8-15(14)23-16/h3-9,15H,2,10H2,1H3. The van der Waals surface area contributed by atoms with Crippen molar-refractivity contribution < 1.29 is 19.2 Å². The van der Waals surface area contributed by atoms with Crippen molar-refractivity contribution in [2.45, 2.75) is 19.4 Å². The van der Waals surface area contributed by atoms with Crippen molar-refractivity contribution in [1.29, 1.82) is 0 Å². The zero-order valence-corrected chi connectivity index (χ0v) is 12.5. The molecule has 1 aliphatic carbocycles. The maximum atomic E-state index is 11.8. The molecule has 0 bridgehead atoms. The minimum Gasteiger partial charge on any atom is -0.485 e. The lowest BCUT2D eigenvalue weighted by Gasteiger charge is -2.25. The Labute approximate surface area is 132 Å². The second-order valence-electron chi connectivity index (χ2n) is 5.13. The van der Waals surface area contributed by atoms with Crippen molar-refractivity contribution in [1.82, 2.24) is 0 Å². The van der Waals surface area contributed by atoms with E-state index in [0.29, 0.717) is 12.4 Å². The highest BCUT2D eigenvalue weighted by atomic mass is 16.6. The molecule has 1 aliphatic heterocycles. The summed E-state index contributed by atoms with van der Waals surface area (Å²) in [7, 11) is 0. The first-order valence-corrected chi connectivity index (χ1v) is 7.29. The summed E-state index contributed by atoms with van der Waals surface area (Å²) in [5, 5.41) is 12.6. The van der Waals surface area contributed by atoms with Crippen molar-refractivity contribution >= 4 is 17.3 Å². The second kappa shape index (κ2) is 6.08. The van der Waals surface area contributed by atoms with Crippen LogP contribution in [0.15, 0.2) is 48.2 Å². The molecule has 0 amide bonds. The fourth-order valence-electron chi connectivity index (χ4n) is 2.70. The van der Waals surface area contributed by atoms with Gasteiger partial charge in [0.15, 0.2) is 0 Å². The summed E-state index contributed by atoms with van der Waals surface area (Å²) in [5.74, 6) is 0.164. The van der Waals surface area contributed by atoms with Crippen LogP contribution < -0.4 is 10.4 Å². The SMILES string of the molecule is CCOC(=O)CC1=c2ccccc2=C2C=C([N+](=O)[O-])C=CC2O1. The van der Waals surface area contributed by atoms with Gasteiger partial charge in [0.25, 0.3) is 5.70 Å². The van der Waals surface area contributed by atoms with Crippen LogP contribution in [0.4, 0.5) is 0 Å². The minimum absolute atomic E-state index is 0.0171. The number of esters is 1. The summed E-state index contributed by atoms with van der Waals surface area (Å²) in [5.41, 5.74) is 0.742. The van der Waals surface area contributed by atoms with Gasteiger partial charge in [0.05, 0.1) is 11.5 Å². The fourth-order valence-corrected chi connectivity index (χ4v) is 2.70. The van der Waals surface area contributed by atoms with Crippen LogP contribution in [0.1, 0.15) is 13.3 Å². The van der Waals surface area contributed by atoms with E-state index in [4.69, 9.17) is 9.47 Å². The highest BCUT2D eigenvalue weighted by Gasteiger charge is 2.26. The van der Waals surface area contributed by atoms with E-state index in [2.05, 4.69) is 0 Å². The normalized spacial score (nSPS) is 18.5. The van der Waals surface area contributed by atoms with Crippen LogP contribution in [0, 0.1) is 10.1 Å². The molecule has 0 N–H and O–H groups in total. The smallest absolute Gasteiger partial charge is 0.313 e. The molecule has 1 unspecified atom stereocenters. The molecule has 2 aliphatic rings. The van der Waals surface area contributed by atoms with E-state index in [9.17, 15) is 14.9 Å². The molecule has 23 heavy (non-hydrogen) atoms. The summed E-state index contributed by atoms with van der Waals surface area (Å²) in [4.78, 5) is 22.3. The Morgan fingerprint density at radius 1 is 1.35 bits per heavy atom. The summed E-state index contributed by atoms with van der Waals surface area (Å²) >= 11 is 0. The van der Waals surface area contributed by atoms with E-state index < -0.39 is 11.0 Å². The molecule has 0 radical (unpaired) electrons. The second-order valence-corrected chi connectivity index (χ2v) is 5.13. The van der Waals surface area contributed by atoms with E-state index in [1.54, 1.807) is 13.0 Å². The number of nitrogens with zero attached hydrogens (tertiary/aromatic N) is 1. The zero-order valence-electron chi connectivity index (χ0n) is 12.5. The van der Waals surface area contributed by atoms with E-state index in [0.717, 1.165) is 16.0 Å². The van der Waals surface area contributed by atoms with Gasteiger partial charge < -0.3 is 9.47 Å². The molecular weight excluding hydrogens is 298 g/mol. The lowest BCUT2D eigenvalue weighted by Crippen LogP contribution is -2.39. The first kappa shape index (κ1) is 15.0. The molecule has 0 saturated carbocycles. The molecule has 0 aromatic heterocycles. The Kier molecular flexibility index (Phi) is 3.97. The highest BCUT2D eigenvalue weighted by Crippen LogP contribution is 2.25. The number of carbonyl (C=O) groups excluding carboxylic acids is 1. The molecule has 1 aromatic carbocycles. The number of hydrogen-bond acceptors (Lipinski definition) is 5. The third kappa shape index (κ3) is 2.88. The maximum Gasteiger partial charge on any atom is 0.313 e. The summed E-state index contributed by atoms with van der Waals surface area (Å²) in [6, 6.07) is 7.41. The average Bonchev–Trinajstić information content (AvgIpc) is 2.55. The number of nitro groups is 1. The third-order valence-corrected chi connectivity index (χ3v) is 3.68. The van der Waals surface area contributed by atoms with Crippen LogP contribution in [0.2, 0.25) is 0 Å². The lowest BCUT2D eigenvalue weighted by atomic mass is 9.96. The fraction of sp³-hybridized carbons (Fsp3) is 0.235. The molecule has 0 saturated heterocycles. The quantitative estimate of drug-likeness (QED) is 0.471. The molecule has 6 heteroatoms. The van der Waals surface area contributed by atoms with Crippen LogP contribution in [-0.4, -0.2) is 23.6 Å². The Morgan fingerprint density at radius 3 is 2.78 bits per heavy atom. The largest absolute Gasteiger partial charge is 0.485 e. The highest BCUT2D eigenvalue weighted by molar-refractivity contribution is 5.80. The molecule has 1 heterocycles. The van der Waals surface area contributed by atoms with E-state index in [-0.39, 0.29) is 18.1 Å². The predicted octanol–water partition coefficient (Wildman–Crippen LogP) is 1.03. The molecule has 118 valence electrons. The van der Waals surface area contributed by atoms with Gasteiger partial charge in [0.1, 0.15) is 18.3 Å². The number of carbonyl (C=O) groups is 1. The first-order chi connectivity index (χ1) is 11.1. The van der Waals surface area contributed by atoms with E-state index in [1.165, 1.54) is 12.2 Å². The Bertz CT molecular complexity index is 850. The molecule has 1 aromatic rings. The van der Waals surface area contributed by atoms with Gasteiger partial charge in [-0.2, -0.15) is 0 Å². The van der Waals surface area contributed by atoms with Crippen molar-refractivity contribution in [2.24, 2.45) is 0 Å². The van der Waals surface area contributed by atoms with Crippen LogP contribution in [-0.2, 0) is 14.3 Å². The number of allylic oxidation sites excluding steroid dienone is 1. The molecule has 0 fully saturated rings. The topological polar surface area (TPSA) is 78.7 Å². The van der Waals surface area contributed by atoms with Crippen molar-refractivity contribution in [3.8, 4) is 0 Å². The van der Waals surface area contributed by atoms with Crippen LogP contribution >= 0.6 is 0 Å². The van der Waals surface area contributed by atoms with Gasteiger partial charge in [-0.15, -0.1) is 0 Å². The van der Waals surface area contributed by atoms with Gasteiger partial charge in [-0.3, -0.25) is 14.9 Å². The minimum atomic E-state index is -0.432. The predicted molar refractivity (Wildman–Crippen MR) is 82.8 cm³/mol. The Morgan fingerprint density at radius 2 is 2.09 bits per heavy atom. The van der Waals surface area contributed by atoms with E-state index >= 15 is 0 Å². The van der Waals surface area contributed by atoms with Crippen LogP contribution in [0.25, 0.3) is 11.3 Å².